The number of hydrogen-bond acceptors (Lipinski definition) is 5. The SMILES string of the molecule is O=C(COC(=O)c1ccccc1)NC[C@H]1COc2ccccc2O1. The van der Waals surface area contributed by atoms with E-state index in [1.807, 2.05) is 24.3 Å². The number of para-hydroxylation sites is 2. The van der Waals surface area contributed by atoms with Gasteiger partial charge in [-0.3, -0.25) is 4.79 Å². The molecule has 3 rings (SSSR count). The summed E-state index contributed by atoms with van der Waals surface area (Å²) in [6.07, 6.45) is -0.284. The van der Waals surface area contributed by atoms with Crippen LogP contribution < -0.4 is 14.8 Å². The van der Waals surface area contributed by atoms with Crippen molar-refractivity contribution < 1.29 is 23.8 Å². The van der Waals surface area contributed by atoms with E-state index in [0.717, 1.165) is 0 Å². The average molecular weight is 327 g/mol. The standard InChI is InChI=1S/C18H17NO5/c20-17(12-23-18(21)13-6-2-1-3-7-13)19-10-14-11-22-15-8-4-5-9-16(15)24-14/h1-9,14H,10-12H2,(H,19,20)/t14-/m0/s1. The van der Waals surface area contributed by atoms with Crippen LogP contribution in [0, 0.1) is 0 Å². The van der Waals surface area contributed by atoms with Crippen LogP contribution in [0.4, 0.5) is 0 Å². The highest BCUT2D eigenvalue weighted by molar-refractivity contribution is 5.91. The number of carbonyl (C=O) groups excluding carboxylic acids is 2. The molecule has 1 aliphatic rings. The highest BCUT2D eigenvalue weighted by atomic mass is 16.6. The highest BCUT2D eigenvalue weighted by Gasteiger charge is 2.21. The zero-order valence-electron chi connectivity index (χ0n) is 12.9. The zero-order chi connectivity index (χ0) is 16.8. The summed E-state index contributed by atoms with van der Waals surface area (Å²) in [6, 6.07) is 15.9. The number of amides is 1. The minimum absolute atomic E-state index is 0.274. The van der Waals surface area contributed by atoms with Crippen LogP contribution in [0.15, 0.2) is 54.6 Å². The third-order valence-electron chi connectivity index (χ3n) is 3.44. The van der Waals surface area contributed by atoms with Crippen molar-refractivity contribution in [2.45, 2.75) is 6.10 Å². The number of fused-ring (bicyclic) bond motifs is 1. The van der Waals surface area contributed by atoms with Crippen LogP contribution in [-0.2, 0) is 9.53 Å². The van der Waals surface area contributed by atoms with E-state index in [-0.39, 0.29) is 25.2 Å². The summed E-state index contributed by atoms with van der Waals surface area (Å²) in [4.78, 5) is 23.5. The lowest BCUT2D eigenvalue weighted by Gasteiger charge is -2.26. The van der Waals surface area contributed by atoms with E-state index in [0.29, 0.717) is 23.7 Å². The molecule has 0 spiro atoms. The van der Waals surface area contributed by atoms with Gasteiger partial charge in [-0.05, 0) is 24.3 Å². The predicted molar refractivity (Wildman–Crippen MR) is 86.1 cm³/mol. The number of nitrogens with one attached hydrogen (secondary N) is 1. The van der Waals surface area contributed by atoms with Crippen molar-refractivity contribution in [1.82, 2.24) is 5.32 Å². The van der Waals surface area contributed by atoms with E-state index in [9.17, 15) is 9.59 Å². The molecule has 24 heavy (non-hydrogen) atoms. The summed E-state index contributed by atoms with van der Waals surface area (Å²) in [5.74, 6) is 0.425. The Bertz CT molecular complexity index is 716. The van der Waals surface area contributed by atoms with Gasteiger partial charge in [-0.15, -0.1) is 0 Å². The van der Waals surface area contributed by atoms with Gasteiger partial charge in [0.15, 0.2) is 18.1 Å². The van der Waals surface area contributed by atoms with E-state index >= 15 is 0 Å². The molecule has 0 saturated carbocycles. The number of ether oxygens (including phenoxy) is 3. The first kappa shape index (κ1) is 15.9. The van der Waals surface area contributed by atoms with Crippen molar-refractivity contribution in [2.75, 3.05) is 19.8 Å². The summed E-state index contributed by atoms with van der Waals surface area (Å²) in [7, 11) is 0. The molecular weight excluding hydrogens is 310 g/mol. The molecule has 0 radical (unpaired) electrons. The quantitative estimate of drug-likeness (QED) is 0.848. The maximum atomic E-state index is 11.8. The van der Waals surface area contributed by atoms with E-state index in [1.54, 1.807) is 30.3 Å². The van der Waals surface area contributed by atoms with Gasteiger partial charge in [0.2, 0.25) is 0 Å². The van der Waals surface area contributed by atoms with Crippen molar-refractivity contribution in [1.29, 1.82) is 0 Å². The van der Waals surface area contributed by atoms with Gasteiger partial charge < -0.3 is 19.5 Å². The molecule has 1 aliphatic heterocycles. The van der Waals surface area contributed by atoms with E-state index < -0.39 is 5.97 Å². The highest BCUT2D eigenvalue weighted by Crippen LogP contribution is 2.30. The van der Waals surface area contributed by atoms with Gasteiger partial charge in [0.1, 0.15) is 12.7 Å². The van der Waals surface area contributed by atoms with Gasteiger partial charge in [0.05, 0.1) is 12.1 Å². The minimum Gasteiger partial charge on any atom is -0.486 e. The van der Waals surface area contributed by atoms with Gasteiger partial charge in [-0.25, -0.2) is 4.79 Å². The van der Waals surface area contributed by atoms with Crippen molar-refractivity contribution >= 4 is 11.9 Å². The zero-order valence-corrected chi connectivity index (χ0v) is 12.9. The lowest BCUT2D eigenvalue weighted by Crippen LogP contribution is -2.42. The van der Waals surface area contributed by atoms with Crippen molar-refractivity contribution in [3.8, 4) is 11.5 Å². The maximum absolute atomic E-state index is 11.8. The lowest BCUT2D eigenvalue weighted by atomic mass is 10.2. The molecule has 0 saturated heterocycles. The monoisotopic (exact) mass is 327 g/mol. The van der Waals surface area contributed by atoms with Crippen LogP contribution in [0.3, 0.4) is 0 Å². The molecule has 0 bridgehead atoms. The molecule has 1 N–H and O–H groups in total. The van der Waals surface area contributed by atoms with Gasteiger partial charge >= 0.3 is 5.97 Å². The molecule has 0 unspecified atom stereocenters. The Kier molecular flexibility index (Phi) is 4.96. The second-order valence-electron chi connectivity index (χ2n) is 5.24. The fourth-order valence-corrected chi connectivity index (χ4v) is 2.23. The second kappa shape index (κ2) is 7.50. The number of hydrogen-bond donors (Lipinski definition) is 1. The Morgan fingerprint density at radius 2 is 1.75 bits per heavy atom. The molecule has 2 aromatic carbocycles. The van der Waals surface area contributed by atoms with Crippen molar-refractivity contribution in [2.24, 2.45) is 0 Å². The number of carbonyl (C=O) groups is 2. The summed E-state index contributed by atoms with van der Waals surface area (Å²) in [5.41, 5.74) is 0.408. The van der Waals surface area contributed by atoms with Crippen LogP contribution in [0.2, 0.25) is 0 Å². The maximum Gasteiger partial charge on any atom is 0.338 e. The molecule has 6 heteroatoms. The molecule has 1 amide bonds. The molecule has 0 aliphatic carbocycles. The molecule has 1 heterocycles. The van der Waals surface area contributed by atoms with E-state index in [1.165, 1.54) is 0 Å². The van der Waals surface area contributed by atoms with E-state index in [2.05, 4.69) is 5.32 Å². The molecule has 124 valence electrons. The minimum atomic E-state index is -0.531. The average Bonchev–Trinajstić information content (AvgIpc) is 2.65. The van der Waals surface area contributed by atoms with Gasteiger partial charge in [0.25, 0.3) is 5.91 Å². The normalized spacial score (nSPS) is 15.4. The topological polar surface area (TPSA) is 73.9 Å². The first-order chi connectivity index (χ1) is 11.7. The molecule has 0 fully saturated rings. The summed E-state index contributed by atoms with van der Waals surface area (Å²) in [6.45, 7) is 0.287. The Morgan fingerprint density at radius 1 is 1.04 bits per heavy atom. The summed E-state index contributed by atoms with van der Waals surface area (Å²) >= 11 is 0. The third-order valence-corrected chi connectivity index (χ3v) is 3.44. The molecular formula is C18H17NO5. The van der Waals surface area contributed by atoms with Crippen molar-refractivity contribution in [3.05, 3.63) is 60.2 Å². The smallest absolute Gasteiger partial charge is 0.338 e. The Morgan fingerprint density at radius 3 is 2.54 bits per heavy atom. The molecule has 1 atom stereocenters. The Hall–Kier alpha value is -3.02. The first-order valence-electron chi connectivity index (χ1n) is 7.60. The number of benzene rings is 2. The lowest BCUT2D eigenvalue weighted by molar-refractivity contribution is -0.124. The van der Waals surface area contributed by atoms with Crippen LogP contribution in [0.1, 0.15) is 10.4 Å². The van der Waals surface area contributed by atoms with Crippen LogP contribution in [-0.4, -0.2) is 37.7 Å². The first-order valence-corrected chi connectivity index (χ1v) is 7.60. The fraction of sp³-hybridized carbons (Fsp3) is 0.222. The fourth-order valence-electron chi connectivity index (χ4n) is 2.23. The molecule has 2 aromatic rings. The van der Waals surface area contributed by atoms with Crippen LogP contribution in [0.5, 0.6) is 11.5 Å². The summed E-state index contributed by atoms with van der Waals surface area (Å²) in [5, 5.41) is 2.67. The van der Waals surface area contributed by atoms with Gasteiger partial charge in [-0.2, -0.15) is 0 Å². The van der Waals surface area contributed by atoms with Crippen LogP contribution >= 0.6 is 0 Å². The molecule has 0 aromatic heterocycles. The number of rotatable bonds is 5. The second-order valence-corrected chi connectivity index (χ2v) is 5.24. The Labute approximate surface area is 139 Å². The summed E-state index contributed by atoms with van der Waals surface area (Å²) < 4.78 is 16.3. The molecule has 6 nitrogen and oxygen atoms in total. The Balaban J connectivity index is 1.41. The predicted octanol–water partition coefficient (Wildman–Crippen LogP) is 1.80. The van der Waals surface area contributed by atoms with Crippen LogP contribution in [0.25, 0.3) is 0 Å². The van der Waals surface area contributed by atoms with Crippen molar-refractivity contribution in [3.63, 3.8) is 0 Å². The van der Waals surface area contributed by atoms with E-state index in [4.69, 9.17) is 14.2 Å². The number of esters is 1. The third kappa shape index (κ3) is 4.04. The largest absolute Gasteiger partial charge is 0.486 e. The van der Waals surface area contributed by atoms with Gasteiger partial charge in [-0.1, -0.05) is 30.3 Å². The van der Waals surface area contributed by atoms with Gasteiger partial charge in [0, 0.05) is 0 Å².